The Balaban J connectivity index is 1.64. The number of carbonyl (C=O) groups excluding carboxylic acids is 2. The number of carbonyl (C=O) groups is 2. The highest BCUT2D eigenvalue weighted by atomic mass is 16.2. The smallest absolute Gasteiger partial charge is 0.228 e. The molecule has 1 aliphatic heterocycles. The fourth-order valence-electron chi connectivity index (χ4n) is 2.65. The summed E-state index contributed by atoms with van der Waals surface area (Å²) in [7, 11) is 1.81. The second-order valence-electron chi connectivity index (χ2n) is 5.63. The SMILES string of the molecule is CN(Cc1ccccc1)C(=O)Cc1ccc2c(c1)CC(=O)N2. The van der Waals surface area contributed by atoms with Crippen molar-refractivity contribution in [2.45, 2.75) is 19.4 Å². The molecule has 0 radical (unpaired) electrons. The summed E-state index contributed by atoms with van der Waals surface area (Å²) < 4.78 is 0. The van der Waals surface area contributed by atoms with Crippen molar-refractivity contribution >= 4 is 17.5 Å². The number of benzene rings is 2. The quantitative estimate of drug-likeness (QED) is 0.941. The lowest BCUT2D eigenvalue weighted by Crippen LogP contribution is -2.27. The maximum absolute atomic E-state index is 12.3. The number of hydrogen-bond acceptors (Lipinski definition) is 2. The maximum atomic E-state index is 12.3. The van der Waals surface area contributed by atoms with Gasteiger partial charge in [0.2, 0.25) is 11.8 Å². The molecule has 0 fully saturated rings. The zero-order chi connectivity index (χ0) is 15.5. The lowest BCUT2D eigenvalue weighted by Gasteiger charge is -2.17. The van der Waals surface area contributed by atoms with Crippen molar-refractivity contribution < 1.29 is 9.59 Å². The lowest BCUT2D eigenvalue weighted by molar-refractivity contribution is -0.129. The third kappa shape index (κ3) is 3.17. The molecule has 0 bridgehead atoms. The summed E-state index contributed by atoms with van der Waals surface area (Å²) in [4.78, 5) is 25.4. The van der Waals surface area contributed by atoms with Gasteiger partial charge < -0.3 is 10.2 Å². The molecule has 2 aromatic carbocycles. The number of amides is 2. The van der Waals surface area contributed by atoms with Gasteiger partial charge in [-0.1, -0.05) is 42.5 Å². The molecule has 0 saturated heterocycles. The van der Waals surface area contributed by atoms with Gasteiger partial charge in [0.15, 0.2) is 0 Å². The van der Waals surface area contributed by atoms with Crippen LogP contribution >= 0.6 is 0 Å². The Bertz CT molecular complexity index is 710. The normalized spacial score (nSPS) is 12.7. The van der Waals surface area contributed by atoms with Crippen LogP contribution in [0, 0.1) is 0 Å². The first-order valence-electron chi connectivity index (χ1n) is 7.31. The van der Waals surface area contributed by atoms with Gasteiger partial charge in [0.25, 0.3) is 0 Å². The van der Waals surface area contributed by atoms with Crippen molar-refractivity contribution in [3.63, 3.8) is 0 Å². The number of anilines is 1. The average Bonchev–Trinajstić information content (AvgIpc) is 2.87. The van der Waals surface area contributed by atoms with Crippen LogP contribution in [-0.4, -0.2) is 23.8 Å². The van der Waals surface area contributed by atoms with Crippen LogP contribution in [0.25, 0.3) is 0 Å². The number of rotatable bonds is 4. The van der Waals surface area contributed by atoms with Crippen molar-refractivity contribution in [2.24, 2.45) is 0 Å². The maximum Gasteiger partial charge on any atom is 0.228 e. The van der Waals surface area contributed by atoms with Crippen molar-refractivity contribution in [3.05, 3.63) is 65.2 Å². The Labute approximate surface area is 129 Å². The molecule has 0 spiro atoms. The summed E-state index contributed by atoms with van der Waals surface area (Å²) in [6, 6.07) is 15.6. The Morgan fingerprint density at radius 3 is 2.68 bits per heavy atom. The predicted molar refractivity (Wildman–Crippen MR) is 85.4 cm³/mol. The Kier molecular flexibility index (Phi) is 3.92. The van der Waals surface area contributed by atoms with E-state index in [1.165, 1.54) is 0 Å². The number of nitrogens with one attached hydrogen (secondary N) is 1. The average molecular weight is 294 g/mol. The van der Waals surface area contributed by atoms with E-state index in [-0.39, 0.29) is 11.8 Å². The predicted octanol–water partition coefficient (Wildman–Crippen LogP) is 2.38. The topological polar surface area (TPSA) is 49.4 Å². The van der Waals surface area contributed by atoms with Gasteiger partial charge in [0.05, 0.1) is 12.8 Å². The molecule has 22 heavy (non-hydrogen) atoms. The van der Waals surface area contributed by atoms with E-state index < -0.39 is 0 Å². The molecule has 0 saturated carbocycles. The first kappa shape index (κ1) is 14.3. The van der Waals surface area contributed by atoms with E-state index in [1.54, 1.807) is 4.90 Å². The summed E-state index contributed by atoms with van der Waals surface area (Å²) >= 11 is 0. The van der Waals surface area contributed by atoms with Crippen LogP contribution in [0.4, 0.5) is 5.69 Å². The summed E-state index contributed by atoms with van der Waals surface area (Å²) in [5.74, 6) is 0.0840. The number of likely N-dealkylation sites (N-methyl/N-ethyl adjacent to an activating group) is 1. The highest BCUT2D eigenvalue weighted by Gasteiger charge is 2.18. The van der Waals surface area contributed by atoms with Crippen LogP contribution in [0.1, 0.15) is 16.7 Å². The summed E-state index contributed by atoms with van der Waals surface area (Å²) in [5, 5.41) is 2.80. The van der Waals surface area contributed by atoms with Crippen LogP contribution in [-0.2, 0) is 29.0 Å². The highest BCUT2D eigenvalue weighted by Crippen LogP contribution is 2.24. The molecular weight excluding hydrogens is 276 g/mol. The van der Waals surface area contributed by atoms with Gasteiger partial charge in [-0.25, -0.2) is 0 Å². The minimum Gasteiger partial charge on any atom is -0.341 e. The third-order valence-electron chi connectivity index (χ3n) is 3.84. The lowest BCUT2D eigenvalue weighted by atomic mass is 10.1. The summed E-state index contributed by atoms with van der Waals surface area (Å²) in [6.45, 7) is 0.602. The number of hydrogen-bond donors (Lipinski definition) is 1. The number of fused-ring (bicyclic) bond motifs is 1. The van der Waals surface area contributed by atoms with Crippen molar-refractivity contribution in [1.29, 1.82) is 0 Å². The first-order valence-corrected chi connectivity index (χ1v) is 7.31. The molecule has 4 nitrogen and oxygen atoms in total. The fraction of sp³-hybridized carbons (Fsp3) is 0.222. The van der Waals surface area contributed by atoms with Gasteiger partial charge in [-0.15, -0.1) is 0 Å². The van der Waals surface area contributed by atoms with E-state index in [4.69, 9.17) is 0 Å². The van der Waals surface area contributed by atoms with E-state index in [1.807, 2.05) is 55.6 Å². The van der Waals surface area contributed by atoms with E-state index in [2.05, 4.69) is 5.32 Å². The van der Waals surface area contributed by atoms with Crippen LogP contribution in [0.3, 0.4) is 0 Å². The molecule has 2 amide bonds. The van der Waals surface area contributed by atoms with Gasteiger partial charge in [-0.05, 0) is 22.8 Å². The van der Waals surface area contributed by atoms with Crippen LogP contribution in [0.15, 0.2) is 48.5 Å². The molecule has 2 aromatic rings. The monoisotopic (exact) mass is 294 g/mol. The van der Waals surface area contributed by atoms with E-state index in [0.717, 1.165) is 22.4 Å². The molecule has 0 aromatic heterocycles. The second kappa shape index (κ2) is 6.02. The fourth-order valence-corrected chi connectivity index (χ4v) is 2.65. The molecule has 1 aliphatic rings. The van der Waals surface area contributed by atoms with Crippen molar-refractivity contribution in [1.82, 2.24) is 4.90 Å². The Morgan fingerprint density at radius 1 is 1.14 bits per heavy atom. The van der Waals surface area contributed by atoms with Crippen molar-refractivity contribution in [3.8, 4) is 0 Å². The Hall–Kier alpha value is -2.62. The first-order chi connectivity index (χ1) is 10.6. The van der Waals surface area contributed by atoms with E-state index in [0.29, 0.717) is 19.4 Å². The Morgan fingerprint density at radius 2 is 1.91 bits per heavy atom. The molecule has 0 unspecified atom stereocenters. The van der Waals surface area contributed by atoms with Gasteiger partial charge in [-0.3, -0.25) is 9.59 Å². The standard InChI is InChI=1S/C18H18N2O2/c1-20(12-13-5-3-2-4-6-13)18(22)10-14-7-8-16-15(9-14)11-17(21)19-16/h2-9H,10-12H2,1H3,(H,19,21). The molecule has 4 heteroatoms. The second-order valence-corrected chi connectivity index (χ2v) is 5.63. The molecule has 3 rings (SSSR count). The van der Waals surface area contributed by atoms with E-state index in [9.17, 15) is 9.59 Å². The van der Waals surface area contributed by atoms with Crippen LogP contribution < -0.4 is 5.32 Å². The summed E-state index contributed by atoms with van der Waals surface area (Å²) in [6.07, 6.45) is 0.752. The van der Waals surface area contributed by atoms with Crippen molar-refractivity contribution in [2.75, 3.05) is 12.4 Å². The minimum atomic E-state index is 0.0136. The van der Waals surface area contributed by atoms with E-state index >= 15 is 0 Å². The highest BCUT2D eigenvalue weighted by molar-refractivity contribution is 5.99. The zero-order valence-corrected chi connectivity index (χ0v) is 12.5. The van der Waals surface area contributed by atoms with Crippen LogP contribution in [0.2, 0.25) is 0 Å². The molecule has 1 heterocycles. The minimum absolute atomic E-state index is 0.0136. The van der Waals surface area contributed by atoms with Crippen LogP contribution in [0.5, 0.6) is 0 Å². The zero-order valence-electron chi connectivity index (χ0n) is 12.5. The molecule has 1 N–H and O–H groups in total. The molecule has 112 valence electrons. The number of nitrogens with zero attached hydrogens (tertiary/aromatic N) is 1. The molecular formula is C18H18N2O2. The van der Waals surface area contributed by atoms with Gasteiger partial charge in [0.1, 0.15) is 0 Å². The van der Waals surface area contributed by atoms with Gasteiger partial charge in [0, 0.05) is 19.3 Å². The largest absolute Gasteiger partial charge is 0.341 e. The molecule has 0 aliphatic carbocycles. The third-order valence-corrected chi connectivity index (χ3v) is 3.84. The molecule has 0 atom stereocenters. The summed E-state index contributed by atoms with van der Waals surface area (Å²) in [5.41, 5.74) is 3.89. The van der Waals surface area contributed by atoms with Gasteiger partial charge >= 0.3 is 0 Å². The van der Waals surface area contributed by atoms with Gasteiger partial charge in [-0.2, -0.15) is 0 Å².